The van der Waals surface area contributed by atoms with Crippen molar-refractivity contribution in [2.75, 3.05) is 36.5 Å². The van der Waals surface area contributed by atoms with Crippen LogP contribution in [0, 0.1) is 5.92 Å². The van der Waals surface area contributed by atoms with Crippen LogP contribution in [-0.4, -0.2) is 63.7 Å². The Kier molecular flexibility index (Phi) is 5.13. The molecule has 2 atom stereocenters. The number of hydrogen-bond donors (Lipinski definition) is 2. The number of nitrogens with zero attached hydrogens (tertiary/aromatic N) is 4. The lowest BCUT2D eigenvalue weighted by Crippen LogP contribution is -2.43. The number of aliphatic hydroxyl groups excluding tert-OH is 1. The minimum absolute atomic E-state index is 0.0704. The van der Waals surface area contributed by atoms with E-state index in [9.17, 15) is 9.90 Å². The second-order valence-electron chi connectivity index (χ2n) is 8.12. The van der Waals surface area contributed by atoms with E-state index in [-0.39, 0.29) is 24.1 Å². The molecule has 7 nitrogen and oxygen atoms in total. The van der Waals surface area contributed by atoms with Crippen molar-refractivity contribution in [1.82, 2.24) is 14.9 Å². The van der Waals surface area contributed by atoms with E-state index >= 15 is 0 Å². The number of anilines is 2. The number of nitrogens with one attached hydrogen (secondary N) is 1. The number of aromatic nitrogens is 2. The summed E-state index contributed by atoms with van der Waals surface area (Å²) < 4.78 is 0. The van der Waals surface area contributed by atoms with Crippen LogP contribution >= 0.6 is 0 Å². The van der Waals surface area contributed by atoms with Crippen molar-refractivity contribution in [3.63, 3.8) is 0 Å². The number of carbonyl (C=O) groups excluding carboxylic acids is 1. The summed E-state index contributed by atoms with van der Waals surface area (Å²) in [4.78, 5) is 25.1. The molecule has 7 heteroatoms. The average molecular weight is 347 g/mol. The molecule has 1 amide bonds. The third kappa shape index (κ3) is 4.21. The summed E-state index contributed by atoms with van der Waals surface area (Å²) >= 11 is 0. The monoisotopic (exact) mass is 347 g/mol. The van der Waals surface area contributed by atoms with Crippen molar-refractivity contribution < 1.29 is 9.90 Å². The van der Waals surface area contributed by atoms with Gasteiger partial charge >= 0.3 is 0 Å². The Morgan fingerprint density at radius 1 is 1.32 bits per heavy atom. The third-order valence-electron chi connectivity index (χ3n) is 5.04. The molecule has 1 aromatic rings. The van der Waals surface area contributed by atoms with E-state index in [2.05, 4.69) is 41.0 Å². The van der Waals surface area contributed by atoms with Crippen LogP contribution in [0.4, 0.5) is 11.6 Å². The van der Waals surface area contributed by atoms with E-state index in [1.165, 1.54) is 0 Å². The molecule has 0 aliphatic carbocycles. The smallest absolute Gasteiger partial charge is 0.225 e. The third-order valence-corrected chi connectivity index (χ3v) is 5.04. The standard InChI is InChI=1S/C18H29N5O2/c1-18(2,3)23-10-14(7-17(23)25)21-15-8-16(20-12-19-15)22-6-4-5-13(9-22)11-24/h8,12-14,24H,4-7,9-11H2,1-3H3,(H,19,20,21). The van der Waals surface area contributed by atoms with Gasteiger partial charge in [-0.3, -0.25) is 4.79 Å². The lowest BCUT2D eigenvalue weighted by Gasteiger charge is -2.33. The summed E-state index contributed by atoms with van der Waals surface area (Å²) in [7, 11) is 0. The van der Waals surface area contributed by atoms with Crippen molar-refractivity contribution in [2.45, 2.75) is 51.6 Å². The Bertz CT molecular complexity index is 616. The first-order valence-corrected chi connectivity index (χ1v) is 9.11. The molecule has 2 unspecified atom stereocenters. The Morgan fingerprint density at radius 2 is 2.12 bits per heavy atom. The molecule has 2 aliphatic heterocycles. The lowest BCUT2D eigenvalue weighted by molar-refractivity contribution is -0.131. The van der Waals surface area contributed by atoms with Crippen molar-refractivity contribution >= 4 is 17.5 Å². The highest BCUT2D eigenvalue weighted by Gasteiger charge is 2.36. The molecule has 25 heavy (non-hydrogen) atoms. The zero-order chi connectivity index (χ0) is 18.0. The van der Waals surface area contributed by atoms with E-state index in [1.54, 1.807) is 6.33 Å². The van der Waals surface area contributed by atoms with E-state index in [4.69, 9.17) is 0 Å². The Hall–Kier alpha value is -1.89. The van der Waals surface area contributed by atoms with Gasteiger partial charge < -0.3 is 20.2 Å². The predicted molar refractivity (Wildman–Crippen MR) is 97.5 cm³/mol. The van der Waals surface area contributed by atoms with E-state index in [0.717, 1.165) is 37.6 Å². The van der Waals surface area contributed by atoms with Crippen molar-refractivity contribution in [3.8, 4) is 0 Å². The van der Waals surface area contributed by atoms with Gasteiger partial charge in [-0.2, -0.15) is 0 Å². The summed E-state index contributed by atoms with van der Waals surface area (Å²) in [5.74, 6) is 2.13. The van der Waals surface area contributed by atoms with Gasteiger partial charge in [0.1, 0.15) is 18.0 Å². The van der Waals surface area contributed by atoms with E-state index in [1.807, 2.05) is 11.0 Å². The number of likely N-dealkylation sites (tertiary alicyclic amines) is 1. The summed E-state index contributed by atoms with van der Waals surface area (Å²) in [5.41, 5.74) is -0.155. The van der Waals surface area contributed by atoms with Crippen LogP contribution in [0.1, 0.15) is 40.0 Å². The van der Waals surface area contributed by atoms with Gasteiger partial charge in [0, 0.05) is 44.3 Å². The highest BCUT2D eigenvalue weighted by molar-refractivity contribution is 5.80. The number of hydrogen-bond acceptors (Lipinski definition) is 6. The first-order valence-electron chi connectivity index (χ1n) is 9.11. The van der Waals surface area contributed by atoms with Gasteiger partial charge in [0.05, 0.1) is 6.04 Å². The zero-order valence-electron chi connectivity index (χ0n) is 15.4. The first-order chi connectivity index (χ1) is 11.9. The summed E-state index contributed by atoms with van der Waals surface area (Å²) in [5, 5.41) is 12.8. The van der Waals surface area contributed by atoms with Crippen molar-refractivity contribution in [1.29, 1.82) is 0 Å². The van der Waals surface area contributed by atoms with Crippen LogP contribution in [0.2, 0.25) is 0 Å². The minimum Gasteiger partial charge on any atom is -0.396 e. The van der Waals surface area contributed by atoms with Crippen LogP contribution in [0.3, 0.4) is 0 Å². The summed E-state index contributed by atoms with van der Waals surface area (Å²) in [6, 6.07) is 2.02. The molecule has 2 N–H and O–H groups in total. The minimum atomic E-state index is -0.155. The molecule has 3 heterocycles. The van der Waals surface area contributed by atoms with Crippen LogP contribution in [0.5, 0.6) is 0 Å². The number of carbonyl (C=O) groups is 1. The molecule has 2 fully saturated rings. The fourth-order valence-electron chi connectivity index (χ4n) is 3.68. The van der Waals surface area contributed by atoms with E-state index < -0.39 is 0 Å². The van der Waals surface area contributed by atoms with Gasteiger partial charge in [-0.25, -0.2) is 9.97 Å². The number of aliphatic hydroxyl groups is 1. The van der Waals surface area contributed by atoms with Gasteiger partial charge in [-0.15, -0.1) is 0 Å². The Morgan fingerprint density at radius 3 is 2.80 bits per heavy atom. The van der Waals surface area contributed by atoms with Crippen LogP contribution in [0.15, 0.2) is 12.4 Å². The maximum absolute atomic E-state index is 12.2. The summed E-state index contributed by atoms with van der Waals surface area (Å²) in [6.45, 7) is 8.87. The quantitative estimate of drug-likeness (QED) is 0.859. The number of rotatable bonds is 4. The average Bonchev–Trinajstić information content (AvgIpc) is 2.96. The molecular formula is C18H29N5O2. The molecule has 0 bridgehead atoms. The van der Waals surface area contributed by atoms with Crippen LogP contribution in [0.25, 0.3) is 0 Å². The molecule has 0 aromatic carbocycles. The largest absolute Gasteiger partial charge is 0.396 e. The van der Waals surface area contributed by atoms with E-state index in [0.29, 0.717) is 18.9 Å². The molecule has 0 radical (unpaired) electrons. The zero-order valence-corrected chi connectivity index (χ0v) is 15.4. The first kappa shape index (κ1) is 17.9. The maximum Gasteiger partial charge on any atom is 0.225 e. The Labute approximate surface area is 149 Å². The predicted octanol–water partition coefficient (Wildman–Crippen LogP) is 1.50. The topological polar surface area (TPSA) is 81.6 Å². The molecule has 0 spiro atoms. The highest BCUT2D eigenvalue weighted by atomic mass is 16.3. The normalized spacial score (nSPS) is 24.7. The van der Waals surface area contributed by atoms with Crippen molar-refractivity contribution in [2.24, 2.45) is 5.92 Å². The molecule has 138 valence electrons. The fourth-order valence-corrected chi connectivity index (χ4v) is 3.68. The fraction of sp³-hybridized carbons (Fsp3) is 0.722. The number of piperidine rings is 1. The van der Waals surface area contributed by atoms with Gasteiger partial charge in [0.25, 0.3) is 0 Å². The van der Waals surface area contributed by atoms with Gasteiger partial charge in [0.15, 0.2) is 0 Å². The van der Waals surface area contributed by atoms with Gasteiger partial charge in [0.2, 0.25) is 5.91 Å². The second-order valence-corrected chi connectivity index (χ2v) is 8.12. The highest BCUT2D eigenvalue weighted by Crippen LogP contribution is 2.26. The van der Waals surface area contributed by atoms with Crippen LogP contribution < -0.4 is 10.2 Å². The second kappa shape index (κ2) is 7.15. The van der Waals surface area contributed by atoms with Gasteiger partial charge in [-0.1, -0.05) is 0 Å². The summed E-state index contributed by atoms with van der Waals surface area (Å²) in [6.07, 6.45) is 4.19. The Balaban J connectivity index is 1.65. The molecule has 3 rings (SSSR count). The maximum atomic E-state index is 12.2. The number of amides is 1. The molecule has 2 aliphatic rings. The van der Waals surface area contributed by atoms with Crippen molar-refractivity contribution in [3.05, 3.63) is 12.4 Å². The lowest BCUT2D eigenvalue weighted by atomic mass is 9.99. The molecular weight excluding hydrogens is 318 g/mol. The molecule has 2 saturated heterocycles. The SMILES string of the molecule is CC(C)(C)N1CC(Nc2cc(N3CCCC(CO)C3)ncn2)CC1=O. The molecule has 0 saturated carbocycles. The van der Waals surface area contributed by atoms with Gasteiger partial charge in [-0.05, 0) is 39.5 Å². The molecule has 1 aromatic heterocycles. The van der Waals surface area contributed by atoms with Crippen LogP contribution in [-0.2, 0) is 4.79 Å².